The van der Waals surface area contributed by atoms with E-state index in [1.807, 2.05) is 0 Å². The number of hydrogen-bond acceptors (Lipinski definition) is 7. The summed E-state index contributed by atoms with van der Waals surface area (Å²) in [7, 11) is -3.28. The van der Waals surface area contributed by atoms with Gasteiger partial charge in [-0.3, -0.25) is 4.79 Å². The molecule has 0 spiro atoms. The highest BCUT2D eigenvalue weighted by atomic mass is 35.5. The van der Waals surface area contributed by atoms with E-state index in [2.05, 4.69) is 38.9 Å². The summed E-state index contributed by atoms with van der Waals surface area (Å²) in [6, 6.07) is 8.48. The van der Waals surface area contributed by atoms with E-state index in [0.717, 1.165) is 6.92 Å². The Hall–Kier alpha value is -2.50. The fraction of sp³-hybridized carbons (Fsp3) is 0.429. The van der Waals surface area contributed by atoms with Crippen molar-refractivity contribution in [2.24, 2.45) is 5.92 Å². The quantitative estimate of drug-likeness (QED) is 0.466. The molecule has 3 rings (SSSR count). The van der Waals surface area contributed by atoms with Gasteiger partial charge in [-0.15, -0.1) is 0 Å². The predicted octanol–water partition coefficient (Wildman–Crippen LogP) is 3.17. The van der Waals surface area contributed by atoms with Gasteiger partial charge in [-0.2, -0.15) is 0 Å². The van der Waals surface area contributed by atoms with Crippen LogP contribution in [0.25, 0.3) is 0 Å². The second kappa shape index (κ2) is 11.6. The summed E-state index contributed by atoms with van der Waals surface area (Å²) in [4.78, 5) is 22.2. The van der Waals surface area contributed by atoms with Crippen LogP contribution >= 0.6 is 23.8 Å². The zero-order valence-corrected chi connectivity index (χ0v) is 21.3. The zero-order valence-electron chi connectivity index (χ0n) is 18.9. The maximum atomic E-state index is 11.8. The largest absolute Gasteiger partial charge is 0.481 e. The standard InChI is InChI=1S/C19H24ClN5O2S2.C2H4O2/c1-13(2)16-12-24(18-21-8-7-17(20)23-18)9-10-25(16)19(28)22-14-5-4-6-15(11-14)29(3,26)27;1-2(3)4/h4-8,11,13,16H,9-10,12H2,1-3H3,(H,22,28);1H3,(H,3,4). The van der Waals surface area contributed by atoms with Crippen molar-refractivity contribution in [3.05, 3.63) is 41.7 Å². The second-order valence-electron chi connectivity index (χ2n) is 7.88. The van der Waals surface area contributed by atoms with E-state index in [1.54, 1.807) is 36.5 Å². The van der Waals surface area contributed by atoms with Crippen molar-refractivity contribution < 1.29 is 18.3 Å². The fourth-order valence-electron chi connectivity index (χ4n) is 3.29. The number of aliphatic carboxylic acids is 1. The number of piperazine rings is 1. The molecule has 0 radical (unpaired) electrons. The SMILES string of the molecule is CC(=O)O.CC(C)C1CN(c2nccc(Cl)n2)CCN1C(=S)Nc1cccc(S(C)(=O)=O)c1. The minimum absolute atomic E-state index is 0.143. The molecule has 1 unspecified atom stereocenters. The van der Waals surface area contributed by atoms with Crippen LogP contribution in [0.1, 0.15) is 20.8 Å². The highest BCUT2D eigenvalue weighted by molar-refractivity contribution is 7.90. The summed E-state index contributed by atoms with van der Waals surface area (Å²) in [5.41, 5.74) is 0.654. The molecule has 1 aliphatic heterocycles. The van der Waals surface area contributed by atoms with Crippen molar-refractivity contribution in [3.8, 4) is 0 Å². The number of anilines is 2. The summed E-state index contributed by atoms with van der Waals surface area (Å²) in [5, 5.41) is 11.6. The number of aromatic nitrogens is 2. The molecule has 1 aliphatic rings. The first kappa shape index (κ1) is 26.7. The number of rotatable bonds is 4. The van der Waals surface area contributed by atoms with E-state index in [9.17, 15) is 8.42 Å². The number of nitrogens with zero attached hydrogens (tertiary/aromatic N) is 4. The van der Waals surface area contributed by atoms with Gasteiger partial charge in [0.25, 0.3) is 5.97 Å². The van der Waals surface area contributed by atoms with Gasteiger partial charge in [-0.25, -0.2) is 18.4 Å². The number of hydrogen-bond donors (Lipinski definition) is 2. The second-order valence-corrected chi connectivity index (χ2v) is 10.7. The van der Waals surface area contributed by atoms with Crippen LogP contribution < -0.4 is 10.2 Å². The highest BCUT2D eigenvalue weighted by Gasteiger charge is 2.32. The number of carbonyl (C=O) groups is 1. The molecule has 0 amide bonds. The monoisotopic (exact) mass is 513 g/mol. The topological polar surface area (TPSA) is 116 Å². The average Bonchev–Trinajstić information content (AvgIpc) is 2.72. The molecule has 1 atom stereocenters. The fourth-order valence-corrected chi connectivity index (χ4v) is 4.44. The van der Waals surface area contributed by atoms with Crippen LogP contribution in [-0.2, 0) is 14.6 Å². The third kappa shape index (κ3) is 8.09. The van der Waals surface area contributed by atoms with Crippen molar-refractivity contribution in [3.63, 3.8) is 0 Å². The minimum Gasteiger partial charge on any atom is -0.481 e. The van der Waals surface area contributed by atoms with Gasteiger partial charge in [0.05, 0.1) is 10.9 Å². The van der Waals surface area contributed by atoms with Gasteiger partial charge in [0.2, 0.25) is 5.95 Å². The number of benzene rings is 1. The smallest absolute Gasteiger partial charge is 0.300 e. The van der Waals surface area contributed by atoms with Gasteiger partial charge in [0.15, 0.2) is 14.9 Å². The molecule has 12 heteroatoms. The zero-order chi connectivity index (χ0) is 24.8. The number of thiocarbonyl (C=S) groups is 1. The van der Waals surface area contributed by atoms with Crippen LogP contribution in [-0.4, -0.2) is 71.4 Å². The first-order valence-electron chi connectivity index (χ1n) is 10.2. The molecule has 2 N–H and O–H groups in total. The van der Waals surface area contributed by atoms with Crippen molar-refractivity contribution in [2.75, 3.05) is 36.1 Å². The first-order chi connectivity index (χ1) is 15.4. The lowest BCUT2D eigenvalue weighted by molar-refractivity contribution is -0.134. The van der Waals surface area contributed by atoms with E-state index in [0.29, 0.717) is 47.5 Å². The third-order valence-corrected chi connectivity index (χ3v) is 6.51. The molecule has 180 valence electrons. The summed E-state index contributed by atoms with van der Waals surface area (Å²) in [6.07, 6.45) is 2.85. The molecular weight excluding hydrogens is 486 g/mol. The van der Waals surface area contributed by atoms with Gasteiger partial charge in [-0.05, 0) is 42.4 Å². The van der Waals surface area contributed by atoms with Gasteiger partial charge < -0.3 is 20.2 Å². The maximum Gasteiger partial charge on any atom is 0.300 e. The number of halogens is 1. The lowest BCUT2D eigenvalue weighted by Crippen LogP contribution is -2.58. The minimum atomic E-state index is -3.28. The van der Waals surface area contributed by atoms with E-state index in [1.165, 1.54) is 6.26 Å². The molecule has 1 saturated heterocycles. The van der Waals surface area contributed by atoms with E-state index >= 15 is 0 Å². The predicted molar refractivity (Wildman–Crippen MR) is 134 cm³/mol. The maximum absolute atomic E-state index is 11.8. The molecule has 2 aromatic rings. The van der Waals surface area contributed by atoms with Gasteiger partial charge in [0, 0.05) is 44.7 Å². The Morgan fingerprint density at radius 2 is 1.97 bits per heavy atom. The molecule has 2 heterocycles. The number of sulfone groups is 1. The van der Waals surface area contributed by atoms with Gasteiger partial charge >= 0.3 is 0 Å². The normalized spacial score (nSPS) is 16.1. The Morgan fingerprint density at radius 1 is 1.30 bits per heavy atom. The van der Waals surface area contributed by atoms with Crippen LogP contribution in [0.15, 0.2) is 41.4 Å². The van der Waals surface area contributed by atoms with Crippen molar-refractivity contribution in [1.82, 2.24) is 14.9 Å². The molecule has 0 aliphatic carbocycles. The number of carboxylic acid groups (broad SMARTS) is 1. The third-order valence-electron chi connectivity index (χ3n) is 4.85. The molecule has 1 fully saturated rings. The molecule has 0 bridgehead atoms. The summed E-state index contributed by atoms with van der Waals surface area (Å²) >= 11 is 11.7. The molecule has 0 saturated carbocycles. The Labute approximate surface area is 204 Å². The van der Waals surface area contributed by atoms with Crippen LogP contribution in [0.3, 0.4) is 0 Å². The summed E-state index contributed by atoms with van der Waals surface area (Å²) < 4.78 is 23.6. The van der Waals surface area contributed by atoms with Crippen LogP contribution in [0.5, 0.6) is 0 Å². The molecule has 33 heavy (non-hydrogen) atoms. The molecular formula is C21H28ClN5O4S2. The van der Waals surface area contributed by atoms with Crippen LogP contribution in [0.2, 0.25) is 5.15 Å². The Bertz CT molecular complexity index is 1090. The number of carboxylic acids is 1. The first-order valence-corrected chi connectivity index (χ1v) is 12.9. The van der Waals surface area contributed by atoms with Crippen LogP contribution in [0.4, 0.5) is 11.6 Å². The summed E-state index contributed by atoms with van der Waals surface area (Å²) in [5.74, 6) is 0.113. The number of nitrogens with one attached hydrogen (secondary N) is 1. The lowest BCUT2D eigenvalue weighted by Gasteiger charge is -2.44. The van der Waals surface area contributed by atoms with E-state index in [4.69, 9.17) is 33.7 Å². The molecule has 1 aromatic heterocycles. The van der Waals surface area contributed by atoms with Gasteiger partial charge in [-0.1, -0.05) is 31.5 Å². The molecule has 1 aromatic carbocycles. The van der Waals surface area contributed by atoms with E-state index < -0.39 is 15.8 Å². The average molecular weight is 514 g/mol. The Balaban J connectivity index is 0.000000890. The van der Waals surface area contributed by atoms with Gasteiger partial charge in [0.1, 0.15) is 5.15 Å². The Morgan fingerprint density at radius 3 is 2.55 bits per heavy atom. The van der Waals surface area contributed by atoms with Crippen LogP contribution in [0, 0.1) is 5.92 Å². The highest BCUT2D eigenvalue weighted by Crippen LogP contribution is 2.23. The lowest BCUT2D eigenvalue weighted by atomic mass is 10.00. The van der Waals surface area contributed by atoms with Crippen molar-refractivity contribution >= 4 is 56.4 Å². The Kier molecular flexibility index (Phi) is 9.38. The van der Waals surface area contributed by atoms with E-state index in [-0.39, 0.29) is 10.9 Å². The summed E-state index contributed by atoms with van der Waals surface area (Å²) in [6.45, 7) is 7.48. The van der Waals surface area contributed by atoms with Crippen molar-refractivity contribution in [2.45, 2.75) is 31.7 Å². The molecule has 9 nitrogen and oxygen atoms in total. The van der Waals surface area contributed by atoms with Crippen molar-refractivity contribution in [1.29, 1.82) is 0 Å².